The maximum absolute atomic E-state index is 14.1. The fourth-order valence-corrected chi connectivity index (χ4v) is 3.42. The van der Waals surface area contributed by atoms with Crippen LogP contribution in [0.5, 0.6) is 0 Å². The third-order valence-corrected chi connectivity index (χ3v) is 5.29. The molecule has 1 N–H and O–H groups in total. The highest BCUT2D eigenvalue weighted by Gasteiger charge is 2.48. The minimum Gasteiger partial charge on any atom is -0.388 e. The summed E-state index contributed by atoms with van der Waals surface area (Å²) in [5.74, 6) is -3.52. The summed E-state index contributed by atoms with van der Waals surface area (Å²) in [6, 6.07) is 2.70. The first-order valence-electron chi connectivity index (χ1n) is 6.61. The predicted octanol–water partition coefficient (Wildman–Crippen LogP) is 5.64. The maximum atomic E-state index is 14.1. The summed E-state index contributed by atoms with van der Waals surface area (Å²) in [6.45, 7) is 0. The third-order valence-electron chi connectivity index (χ3n) is 4.03. The van der Waals surface area contributed by atoms with Crippen molar-refractivity contribution in [1.82, 2.24) is 0 Å². The van der Waals surface area contributed by atoms with Crippen LogP contribution in [0.4, 0.5) is 17.6 Å². The van der Waals surface area contributed by atoms with Crippen molar-refractivity contribution >= 4 is 27.5 Å². The van der Waals surface area contributed by atoms with Crippen LogP contribution in [0.15, 0.2) is 16.6 Å². The van der Waals surface area contributed by atoms with Gasteiger partial charge in [-0.05, 0) is 34.8 Å². The molecule has 0 spiro atoms. The lowest BCUT2D eigenvalue weighted by Crippen LogP contribution is -2.36. The van der Waals surface area contributed by atoms with Crippen molar-refractivity contribution in [2.45, 2.75) is 38.0 Å². The van der Waals surface area contributed by atoms with E-state index in [1.165, 1.54) is 12.1 Å². The molecule has 21 heavy (non-hydrogen) atoms. The maximum Gasteiger partial charge on any atom is 0.392 e. The monoisotopic (exact) mass is 388 g/mol. The fraction of sp³-hybridized carbons (Fsp3) is 0.571. The first kappa shape index (κ1) is 17.0. The Morgan fingerprint density at radius 1 is 1.24 bits per heavy atom. The molecule has 1 nitrogen and oxygen atoms in total. The van der Waals surface area contributed by atoms with E-state index in [0.29, 0.717) is 17.3 Å². The van der Waals surface area contributed by atoms with E-state index in [0.717, 1.165) is 0 Å². The molecule has 7 heteroatoms. The first-order chi connectivity index (χ1) is 9.73. The highest BCUT2D eigenvalue weighted by molar-refractivity contribution is 9.10. The minimum absolute atomic E-state index is 0.0306. The molecule has 1 aromatic rings. The molecule has 3 atom stereocenters. The molecule has 0 radical (unpaired) electrons. The Labute approximate surface area is 133 Å². The number of halogens is 6. The van der Waals surface area contributed by atoms with Crippen LogP contribution in [0.2, 0.25) is 5.02 Å². The molecule has 3 unspecified atom stereocenters. The molecule has 118 valence electrons. The lowest BCUT2D eigenvalue weighted by molar-refractivity contribution is -0.207. The van der Waals surface area contributed by atoms with E-state index in [1.807, 2.05) is 0 Å². The Kier molecular flexibility index (Phi) is 5.21. The molecule has 1 fully saturated rings. The largest absolute Gasteiger partial charge is 0.392 e. The summed E-state index contributed by atoms with van der Waals surface area (Å²) in [5, 5.41) is 10.0. The van der Waals surface area contributed by atoms with Crippen LogP contribution in [-0.2, 0) is 0 Å². The zero-order valence-corrected chi connectivity index (χ0v) is 13.3. The molecule has 2 rings (SSSR count). The number of hydrogen-bond donors (Lipinski definition) is 1. The molecule has 0 aliphatic heterocycles. The molecule has 0 heterocycles. The van der Waals surface area contributed by atoms with Crippen molar-refractivity contribution in [2.75, 3.05) is 0 Å². The second-order valence-corrected chi connectivity index (χ2v) is 6.54. The summed E-state index contributed by atoms with van der Waals surface area (Å²) in [5.41, 5.74) is -0.177. The van der Waals surface area contributed by atoms with Gasteiger partial charge in [-0.1, -0.05) is 30.5 Å². The Balaban J connectivity index is 2.33. The zero-order chi connectivity index (χ0) is 15.8. The number of aliphatic hydroxyl groups excluding tert-OH is 1. The number of hydrogen-bond acceptors (Lipinski definition) is 1. The van der Waals surface area contributed by atoms with Crippen molar-refractivity contribution in [3.05, 3.63) is 33.0 Å². The third kappa shape index (κ3) is 3.54. The average Bonchev–Trinajstić information content (AvgIpc) is 2.43. The Hall–Kier alpha value is -0.330. The number of alkyl halides is 3. The lowest BCUT2D eigenvalue weighted by Gasteiger charge is -2.36. The minimum atomic E-state index is -4.39. The van der Waals surface area contributed by atoms with Crippen molar-refractivity contribution in [3.8, 4) is 0 Å². The van der Waals surface area contributed by atoms with Crippen LogP contribution in [0, 0.1) is 17.7 Å². The van der Waals surface area contributed by atoms with Crippen LogP contribution >= 0.6 is 27.5 Å². The van der Waals surface area contributed by atoms with Gasteiger partial charge in [-0.25, -0.2) is 4.39 Å². The summed E-state index contributed by atoms with van der Waals surface area (Å²) in [4.78, 5) is 0. The SMILES string of the molecule is OC(c1ccc(Br)c(Cl)c1F)C1CCCCC1C(F)(F)F. The van der Waals surface area contributed by atoms with Gasteiger partial charge in [0, 0.05) is 16.0 Å². The van der Waals surface area contributed by atoms with Gasteiger partial charge < -0.3 is 5.11 Å². The molecule has 1 aliphatic rings. The zero-order valence-electron chi connectivity index (χ0n) is 10.9. The molecule has 0 aromatic heterocycles. The van der Waals surface area contributed by atoms with E-state index < -0.39 is 29.9 Å². The summed E-state index contributed by atoms with van der Waals surface area (Å²) in [6.07, 6.45) is -4.64. The Bertz CT molecular complexity index is 520. The average molecular weight is 390 g/mol. The molecule has 1 saturated carbocycles. The summed E-state index contributed by atoms with van der Waals surface area (Å²) in [7, 11) is 0. The van der Waals surface area contributed by atoms with Gasteiger partial charge in [-0.3, -0.25) is 0 Å². The van der Waals surface area contributed by atoms with Crippen LogP contribution in [0.25, 0.3) is 0 Å². The van der Waals surface area contributed by atoms with Crippen molar-refractivity contribution in [1.29, 1.82) is 0 Å². The molecule has 0 saturated heterocycles. The molecular formula is C14H14BrClF4O. The predicted molar refractivity (Wildman–Crippen MR) is 75.6 cm³/mol. The second kappa shape index (κ2) is 6.42. The Morgan fingerprint density at radius 2 is 1.86 bits per heavy atom. The van der Waals surface area contributed by atoms with Crippen LogP contribution in [0.1, 0.15) is 37.4 Å². The normalized spacial score (nSPS) is 24.9. The van der Waals surface area contributed by atoms with Gasteiger partial charge in [0.05, 0.1) is 17.0 Å². The molecule has 0 bridgehead atoms. The lowest BCUT2D eigenvalue weighted by atomic mass is 9.74. The quantitative estimate of drug-likeness (QED) is 0.512. The van der Waals surface area contributed by atoms with E-state index >= 15 is 0 Å². The summed E-state index contributed by atoms with van der Waals surface area (Å²) >= 11 is 8.77. The smallest absolute Gasteiger partial charge is 0.388 e. The standard InChI is InChI=1S/C14H14BrClF4O/c15-10-6-5-8(12(17)11(10)16)13(21)7-3-1-2-4-9(7)14(18,19)20/h5-7,9,13,21H,1-4H2. The molecule has 1 aromatic carbocycles. The van der Waals surface area contributed by atoms with Gasteiger partial charge in [0.25, 0.3) is 0 Å². The number of aliphatic hydroxyl groups is 1. The van der Waals surface area contributed by atoms with Crippen molar-refractivity contribution in [2.24, 2.45) is 11.8 Å². The highest BCUT2D eigenvalue weighted by Crippen LogP contribution is 2.47. The van der Waals surface area contributed by atoms with E-state index in [1.54, 1.807) is 0 Å². The molecule has 1 aliphatic carbocycles. The van der Waals surface area contributed by atoms with Gasteiger partial charge in [0.2, 0.25) is 0 Å². The van der Waals surface area contributed by atoms with Crippen molar-refractivity contribution < 1.29 is 22.7 Å². The van der Waals surface area contributed by atoms with Crippen LogP contribution in [-0.4, -0.2) is 11.3 Å². The van der Waals surface area contributed by atoms with Crippen molar-refractivity contribution in [3.63, 3.8) is 0 Å². The van der Waals surface area contributed by atoms with Gasteiger partial charge in [0.15, 0.2) is 0 Å². The topological polar surface area (TPSA) is 20.2 Å². The van der Waals surface area contributed by atoms with E-state index in [2.05, 4.69) is 15.9 Å². The van der Waals surface area contributed by atoms with Crippen LogP contribution in [0.3, 0.4) is 0 Å². The molecule has 0 amide bonds. The Morgan fingerprint density at radius 3 is 2.48 bits per heavy atom. The first-order valence-corrected chi connectivity index (χ1v) is 7.78. The van der Waals surface area contributed by atoms with Gasteiger partial charge in [0.1, 0.15) is 5.82 Å². The van der Waals surface area contributed by atoms with E-state index in [9.17, 15) is 22.7 Å². The number of benzene rings is 1. The second-order valence-electron chi connectivity index (χ2n) is 5.31. The molecular weight excluding hydrogens is 376 g/mol. The van der Waals surface area contributed by atoms with Gasteiger partial charge in [-0.15, -0.1) is 0 Å². The van der Waals surface area contributed by atoms with Crippen LogP contribution < -0.4 is 0 Å². The van der Waals surface area contributed by atoms with Gasteiger partial charge in [-0.2, -0.15) is 13.2 Å². The van der Waals surface area contributed by atoms with E-state index in [4.69, 9.17) is 11.6 Å². The number of rotatable bonds is 2. The van der Waals surface area contributed by atoms with Gasteiger partial charge >= 0.3 is 6.18 Å². The summed E-state index contributed by atoms with van der Waals surface area (Å²) < 4.78 is 53.6. The highest BCUT2D eigenvalue weighted by atomic mass is 79.9. The fourth-order valence-electron chi connectivity index (χ4n) is 2.94. The van der Waals surface area contributed by atoms with E-state index in [-0.39, 0.29) is 23.4 Å².